The van der Waals surface area contributed by atoms with Gasteiger partial charge in [0.05, 0.1) is 25.5 Å². The van der Waals surface area contributed by atoms with Crippen molar-refractivity contribution in [2.24, 2.45) is 0 Å². The van der Waals surface area contributed by atoms with E-state index in [1.165, 1.54) is 44.6 Å². The number of carboxylic acid groups (broad SMARTS) is 1. The van der Waals surface area contributed by atoms with Gasteiger partial charge in [0, 0.05) is 11.6 Å². The summed E-state index contributed by atoms with van der Waals surface area (Å²) in [5.74, 6) is -1.22. The molecule has 2 rings (SSSR count). The summed E-state index contributed by atoms with van der Waals surface area (Å²) in [6.45, 7) is 0. The van der Waals surface area contributed by atoms with Crippen LogP contribution in [0.3, 0.4) is 0 Å². The molecule has 7 nitrogen and oxygen atoms in total. The van der Waals surface area contributed by atoms with E-state index < -0.39 is 11.9 Å². The Morgan fingerprint density at radius 2 is 1.80 bits per heavy atom. The van der Waals surface area contributed by atoms with Crippen molar-refractivity contribution in [1.82, 2.24) is 0 Å². The molecule has 0 saturated heterocycles. The lowest BCUT2D eigenvalue weighted by Gasteiger charge is -2.10. The number of phenolic OH excluding ortho intramolecular Hbond substituents is 1. The SMILES string of the molecule is COc1cccc(C=CC(=O)Nc2c(O)cccc2C(=O)O)c1OC. The molecule has 0 fully saturated rings. The van der Waals surface area contributed by atoms with Crippen LogP contribution in [0, 0.1) is 0 Å². The zero-order valence-corrected chi connectivity index (χ0v) is 13.6. The van der Waals surface area contributed by atoms with Gasteiger partial charge in [-0.1, -0.05) is 18.2 Å². The fourth-order valence-electron chi connectivity index (χ4n) is 2.22. The third-order valence-corrected chi connectivity index (χ3v) is 3.37. The van der Waals surface area contributed by atoms with Gasteiger partial charge in [0.25, 0.3) is 0 Å². The summed E-state index contributed by atoms with van der Waals surface area (Å²) in [4.78, 5) is 23.3. The second kappa shape index (κ2) is 7.87. The first-order valence-corrected chi connectivity index (χ1v) is 7.23. The molecule has 0 aromatic heterocycles. The van der Waals surface area contributed by atoms with Crippen molar-refractivity contribution in [3.63, 3.8) is 0 Å². The number of aromatic hydroxyl groups is 1. The van der Waals surface area contributed by atoms with E-state index in [4.69, 9.17) is 14.6 Å². The molecule has 0 aliphatic heterocycles. The molecule has 0 heterocycles. The van der Waals surface area contributed by atoms with Crippen molar-refractivity contribution >= 4 is 23.6 Å². The maximum Gasteiger partial charge on any atom is 0.337 e. The predicted molar refractivity (Wildman–Crippen MR) is 92.3 cm³/mol. The summed E-state index contributed by atoms with van der Waals surface area (Å²) in [6.07, 6.45) is 2.70. The van der Waals surface area contributed by atoms with Crippen LogP contribution in [0.5, 0.6) is 17.2 Å². The number of phenols is 1. The van der Waals surface area contributed by atoms with Crippen LogP contribution in [0.15, 0.2) is 42.5 Å². The molecule has 25 heavy (non-hydrogen) atoms. The lowest BCUT2D eigenvalue weighted by Crippen LogP contribution is -2.12. The molecule has 3 N–H and O–H groups in total. The number of ether oxygens (including phenoxy) is 2. The summed E-state index contributed by atoms with van der Waals surface area (Å²) in [5.41, 5.74) is 0.232. The third kappa shape index (κ3) is 4.08. The molecule has 0 atom stereocenters. The van der Waals surface area contributed by atoms with Crippen LogP contribution in [-0.2, 0) is 4.79 Å². The number of benzene rings is 2. The number of aromatic carboxylic acids is 1. The molecule has 0 spiro atoms. The number of rotatable bonds is 6. The van der Waals surface area contributed by atoms with Gasteiger partial charge >= 0.3 is 5.97 Å². The smallest absolute Gasteiger partial charge is 0.337 e. The molecule has 0 bridgehead atoms. The first-order chi connectivity index (χ1) is 12.0. The van der Waals surface area contributed by atoms with E-state index >= 15 is 0 Å². The van der Waals surface area contributed by atoms with Crippen LogP contribution in [0.4, 0.5) is 5.69 Å². The molecule has 0 aliphatic carbocycles. The van der Waals surface area contributed by atoms with Crippen molar-refractivity contribution in [1.29, 1.82) is 0 Å². The van der Waals surface area contributed by atoms with Gasteiger partial charge in [-0.2, -0.15) is 0 Å². The largest absolute Gasteiger partial charge is 0.506 e. The maximum atomic E-state index is 12.1. The molecule has 130 valence electrons. The summed E-state index contributed by atoms with van der Waals surface area (Å²) in [6, 6.07) is 9.14. The number of amides is 1. The number of anilines is 1. The zero-order chi connectivity index (χ0) is 18.4. The highest BCUT2D eigenvalue weighted by Gasteiger charge is 2.15. The molecular weight excluding hydrogens is 326 g/mol. The monoisotopic (exact) mass is 343 g/mol. The van der Waals surface area contributed by atoms with Gasteiger partial charge < -0.3 is 25.0 Å². The molecule has 0 saturated carbocycles. The molecule has 0 radical (unpaired) electrons. The Hall–Kier alpha value is -3.48. The fourth-order valence-corrected chi connectivity index (χ4v) is 2.22. The Morgan fingerprint density at radius 3 is 2.44 bits per heavy atom. The first-order valence-electron chi connectivity index (χ1n) is 7.23. The van der Waals surface area contributed by atoms with Crippen LogP contribution >= 0.6 is 0 Å². The Labute approximate surface area is 144 Å². The van der Waals surface area contributed by atoms with E-state index in [-0.39, 0.29) is 17.0 Å². The Bertz CT molecular complexity index is 828. The number of nitrogens with one attached hydrogen (secondary N) is 1. The predicted octanol–water partition coefficient (Wildman–Crippen LogP) is 2.76. The fraction of sp³-hybridized carbons (Fsp3) is 0.111. The minimum absolute atomic E-state index is 0.165. The standard InChI is InChI=1S/C18H17NO6/c1-24-14-8-3-5-11(17(14)25-2)9-10-15(21)19-16-12(18(22)23)6-4-7-13(16)20/h3-10,20H,1-2H3,(H,19,21)(H,22,23). The highest BCUT2D eigenvalue weighted by Crippen LogP contribution is 2.31. The second-order valence-corrected chi connectivity index (χ2v) is 4.91. The Balaban J connectivity index is 2.25. The van der Waals surface area contributed by atoms with Crippen LogP contribution in [-0.4, -0.2) is 36.3 Å². The lowest BCUT2D eigenvalue weighted by molar-refractivity contribution is -0.111. The van der Waals surface area contributed by atoms with Gasteiger partial charge in [-0.15, -0.1) is 0 Å². The van der Waals surface area contributed by atoms with E-state index in [0.717, 1.165) is 0 Å². The van der Waals surface area contributed by atoms with Crippen molar-refractivity contribution in [3.8, 4) is 17.2 Å². The van der Waals surface area contributed by atoms with Crippen molar-refractivity contribution in [2.45, 2.75) is 0 Å². The molecule has 2 aromatic rings. The van der Waals surface area contributed by atoms with E-state index in [1.807, 2.05) is 0 Å². The highest BCUT2D eigenvalue weighted by molar-refractivity contribution is 6.07. The number of carbonyl (C=O) groups excluding carboxylic acids is 1. The number of para-hydroxylation sites is 2. The molecule has 0 aliphatic rings. The second-order valence-electron chi connectivity index (χ2n) is 4.91. The van der Waals surface area contributed by atoms with Gasteiger partial charge in [0.2, 0.25) is 5.91 Å². The van der Waals surface area contributed by atoms with E-state index in [1.54, 1.807) is 18.2 Å². The van der Waals surface area contributed by atoms with Crippen LogP contribution in [0.25, 0.3) is 6.08 Å². The number of carbonyl (C=O) groups is 2. The quantitative estimate of drug-likeness (QED) is 0.550. The van der Waals surface area contributed by atoms with Crippen LogP contribution in [0.2, 0.25) is 0 Å². The molecule has 2 aromatic carbocycles. The Kier molecular flexibility index (Phi) is 5.62. The summed E-state index contributed by atoms with van der Waals surface area (Å²) < 4.78 is 10.4. The average Bonchev–Trinajstić information content (AvgIpc) is 2.60. The maximum absolute atomic E-state index is 12.1. The Morgan fingerprint density at radius 1 is 1.08 bits per heavy atom. The van der Waals surface area contributed by atoms with Gasteiger partial charge in [-0.05, 0) is 24.3 Å². The minimum Gasteiger partial charge on any atom is -0.506 e. The highest BCUT2D eigenvalue weighted by atomic mass is 16.5. The first kappa shape index (κ1) is 17.9. The van der Waals surface area contributed by atoms with Crippen LogP contribution < -0.4 is 14.8 Å². The lowest BCUT2D eigenvalue weighted by atomic mass is 10.1. The van der Waals surface area contributed by atoms with Crippen molar-refractivity contribution in [3.05, 3.63) is 53.6 Å². The number of carboxylic acids is 1. The number of hydrogen-bond acceptors (Lipinski definition) is 5. The molecule has 7 heteroatoms. The van der Waals surface area contributed by atoms with E-state index in [0.29, 0.717) is 17.1 Å². The zero-order valence-electron chi connectivity index (χ0n) is 13.6. The summed E-state index contributed by atoms with van der Waals surface area (Å²) >= 11 is 0. The molecular formula is C18H17NO6. The summed E-state index contributed by atoms with van der Waals surface area (Å²) in [7, 11) is 2.99. The number of methoxy groups -OCH3 is 2. The van der Waals surface area contributed by atoms with Gasteiger partial charge in [0.15, 0.2) is 11.5 Å². The van der Waals surface area contributed by atoms with E-state index in [9.17, 15) is 14.7 Å². The summed E-state index contributed by atoms with van der Waals surface area (Å²) in [5, 5.41) is 21.3. The average molecular weight is 343 g/mol. The molecule has 1 amide bonds. The minimum atomic E-state index is -1.26. The molecule has 0 unspecified atom stereocenters. The van der Waals surface area contributed by atoms with Gasteiger partial charge in [-0.3, -0.25) is 4.79 Å². The van der Waals surface area contributed by atoms with Crippen molar-refractivity contribution < 1.29 is 29.3 Å². The number of hydrogen-bond donors (Lipinski definition) is 3. The van der Waals surface area contributed by atoms with E-state index in [2.05, 4.69) is 5.32 Å². The topological polar surface area (TPSA) is 105 Å². The van der Waals surface area contributed by atoms with Crippen molar-refractivity contribution in [2.75, 3.05) is 19.5 Å². The normalized spacial score (nSPS) is 10.5. The van der Waals surface area contributed by atoms with Gasteiger partial charge in [-0.25, -0.2) is 4.79 Å². The third-order valence-electron chi connectivity index (χ3n) is 3.37. The van der Waals surface area contributed by atoms with Gasteiger partial charge in [0.1, 0.15) is 5.75 Å². The van der Waals surface area contributed by atoms with Crippen LogP contribution in [0.1, 0.15) is 15.9 Å².